The number of nitrogens with two attached hydrogens (primary N) is 1. The summed E-state index contributed by atoms with van der Waals surface area (Å²) < 4.78 is 31.5. The number of ketones is 1. The van der Waals surface area contributed by atoms with Crippen molar-refractivity contribution in [2.24, 2.45) is 5.73 Å². The summed E-state index contributed by atoms with van der Waals surface area (Å²) in [5.74, 6) is -1.75. The lowest BCUT2D eigenvalue weighted by atomic mass is 9.92. The number of hydrogen-bond acceptors (Lipinski definition) is 7. The maximum atomic E-state index is 15.3. The molecule has 1 heterocycles. The Morgan fingerprint density at radius 3 is 2.39 bits per heavy atom. The Bertz CT molecular complexity index is 1170. The highest BCUT2D eigenvalue weighted by Crippen LogP contribution is 2.39. The maximum absolute atomic E-state index is 15.3. The predicted molar refractivity (Wildman–Crippen MR) is 134 cm³/mol. The molecule has 0 saturated carbocycles. The third-order valence-electron chi connectivity index (χ3n) is 5.45. The molecule has 1 aliphatic rings. The van der Waals surface area contributed by atoms with Gasteiger partial charge in [-0.3, -0.25) is 10.2 Å². The van der Waals surface area contributed by atoms with Crippen LogP contribution in [0.25, 0.3) is 0 Å². The van der Waals surface area contributed by atoms with Crippen molar-refractivity contribution in [3.05, 3.63) is 52.3 Å². The van der Waals surface area contributed by atoms with Crippen molar-refractivity contribution < 1.29 is 33.3 Å². The first kappa shape index (κ1) is 28.9. The molecule has 3 rings (SSSR count). The summed E-state index contributed by atoms with van der Waals surface area (Å²) in [5.41, 5.74) is 6.72. The molecule has 1 aliphatic heterocycles. The van der Waals surface area contributed by atoms with Crippen LogP contribution in [0, 0.1) is 11.2 Å². The zero-order valence-corrected chi connectivity index (χ0v) is 21.5. The fourth-order valence-corrected chi connectivity index (χ4v) is 3.90. The normalized spacial score (nSPS) is 12.6. The Balaban J connectivity index is 0.00000456. The zero-order valence-electron chi connectivity index (χ0n) is 20.6. The number of Topliss-reactive ketones (excluding diaryl/α,β-unsaturated/α-hetero) is 1. The molecule has 196 valence electrons. The number of ether oxygens (including phenoxy) is 3. The van der Waals surface area contributed by atoms with Gasteiger partial charge in [0.15, 0.2) is 29.7 Å². The van der Waals surface area contributed by atoms with Gasteiger partial charge in [-0.1, -0.05) is 0 Å². The van der Waals surface area contributed by atoms with E-state index in [4.69, 9.17) is 30.5 Å². The Labute approximate surface area is 215 Å². The first-order chi connectivity index (χ1) is 16.5. The lowest BCUT2D eigenvalue weighted by Crippen LogP contribution is -2.32. The molecule has 0 fully saturated rings. The molecule has 0 radical (unpaired) electrons. The molecule has 2 aromatic rings. The number of hydrogen-bond donors (Lipinski definition) is 3. The van der Waals surface area contributed by atoms with E-state index in [-0.39, 0.29) is 66.5 Å². The Hall–Kier alpha value is -3.37. The fourth-order valence-electron chi connectivity index (χ4n) is 3.90. The fraction of sp³-hybridized carbons (Fsp3) is 0.400. The van der Waals surface area contributed by atoms with Crippen molar-refractivity contribution >= 4 is 30.0 Å². The summed E-state index contributed by atoms with van der Waals surface area (Å²) in [6.45, 7) is 6.95. The number of amidine groups is 1. The number of carbonyl (C=O) groups is 2. The number of nitrogens with zero attached hydrogens (tertiary/aromatic N) is 1. The van der Waals surface area contributed by atoms with Gasteiger partial charge in [-0.05, 0) is 57.5 Å². The van der Waals surface area contributed by atoms with Crippen LogP contribution >= 0.6 is 12.4 Å². The number of halogens is 2. The van der Waals surface area contributed by atoms with Crippen molar-refractivity contribution in [2.75, 3.05) is 26.4 Å². The predicted octanol–water partition coefficient (Wildman–Crippen LogP) is 3.73. The molecule has 0 aromatic heterocycles. The Morgan fingerprint density at radius 2 is 1.81 bits per heavy atom. The largest absolute Gasteiger partial charge is 0.490 e. The molecule has 0 atom stereocenters. The van der Waals surface area contributed by atoms with Crippen molar-refractivity contribution in [3.63, 3.8) is 0 Å². The topological polar surface area (TPSA) is 135 Å². The minimum absolute atomic E-state index is 0. The van der Waals surface area contributed by atoms with E-state index in [1.807, 2.05) is 0 Å². The quantitative estimate of drug-likeness (QED) is 0.379. The van der Waals surface area contributed by atoms with Crippen molar-refractivity contribution in [1.82, 2.24) is 4.90 Å². The van der Waals surface area contributed by atoms with E-state index in [0.29, 0.717) is 23.3 Å². The highest BCUT2D eigenvalue weighted by molar-refractivity contribution is 6.06. The summed E-state index contributed by atoms with van der Waals surface area (Å²) in [7, 11) is 0. The van der Waals surface area contributed by atoms with Gasteiger partial charge in [0.25, 0.3) is 0 Å². The SMILES string of the molecule is CCOc1cc2c(c(F)c1OCC)C(=N)N(CC(=O)c1ccc(OCC(=O)O)c(C(C)(C)N)c1)C2.Cl. The standard InChI is InChI=1S/C25H30FN3O6.ClH/c1-5-33-19-10-15-11-29(24(27)21(15)22(26)23(19)34-6-2)12-17(30)14-7-8-18(35-13-20(31)32)16(9-14)25(3,4)28;/h7-10,27H,5-6,11-13,28H2,1-4H3,(H,31,32);1H. The van der Waals surface area contributed by atoms with E-state index in [1.54, 1.807) is 39.8 Å². The molecule has 0 unspecified atom stereocenters. The van der Waals surface area contributed by atoms with Crippen LogP contribution in [0.4, 0.5) is 4.39 Å². The van der Waals surface area contributed by atoms with Gasteiger partial charge in [0.2, 0.25) is 0 Å². The molecule has 0 aliphatic carbocycles. The number of carboxylic acids is 1. The van der Waals surface area contributed by atoms with Gasteiger partial charge >= 0.3 is 5.97 Å². The summed E-state index contributed by atoms with van der Waals surface area (Å²) in [6.07, 6.45) is 0. The first-order valence-corrected chi connectivity index (χ1v) is 11.2. The highest BCUT2D eigenvalue weighted by atomic mass is 35.5. The molecule has 0 bridgehead atoms. The smallest absolute Gasteiger partial charge is 0.341 e. The van der Waals surface area contributed by atoms with Crippen LogP contribution in [0.5, 0.6) is 17.2 Å². The van der Waals surface area contributed by atoms with Crippen LogP contribution in [0.1, 0.15) is 54.7 Å². The van der Waals surface area contributed by atoms with Crippen molar-refractivity contribution in [2.45, 2.75) is 39.8 Å². The van der Waals surface area contributed by atoms with E-state index in [0.717, 1.165) is 0 Å². The monoisotopic (exact) mass is 523 g/mol. The number of carbonyl (C=O) groups excluding carboxylic acids is 1. The van der Waals surface area contributed by atoms with E-state index in [9.17, 15) is 9.59 Å². The molecule has 0 amide bonds. The van der Waals surface area contributed by atoms with Crippen LogP contribution < -0.4 is 19.9 Å². The van der Waals surface area contributed by atoms with Crippen LogP contribution in [0.3, 0.4) is 0 Å². The third kappa shape index (κ3) is 6.06. The Morgan fingerprint density at radius 1 is 1.14 bits per heavy atom. The number of aliphatic carboxylic acids is 1. The van der Waals surface area contributed by atoms with E-state index >= 15 is 4.39 Å². The van der Waals surface area contributed by atoms with Crippen molar-refractivity contribution in [1.29, 1.82) is 5.41 Å². The highest BCUT2D eigenvalue weighted by Gasteiger charge is 2.33. The van der Waals surface area contributed by atoms with Crippen LogP contribution in [-0.4, -0.2) is 54.0 Å². The van der Waals surface area contributed by atoms with Crippen molar-refractivity contribution in [3.8, 4) is 17.2 Å². The number of rotatable bonds is 11. The van der Waals surface area contributed by atoms with Crippen LogP contribution in [-0.2, 0) is 16.9 Å². The number of nitrogens with one attached hydrogen (secondary N) is 1. The maximum Gasteiger partial charge on any atom is 0.341 e. The minimum Gasteiger partial charge on any atom is -0.490 e. The molecule has 0 saturated heterocycles. The number of benzene rings is 2. The summed E-state index contributed by atoms with van der Waals surface area (Å²) in [6, 6.07) is 6.23. The molecule has 11 heteroatoms. The van der Waals surface area contributed by atoms with Crippen LogP contribution in [0.2, 0.25) is 0 Å². The van der Waals surface area contributed by atoms with Gasteiger partial charge in [0.1, 0.15) is 11.6 Å². The second-order valence-corrected chi connectivity index (χ2v) is 8.66. The second-order valence-electron chi connectivity index (χ2n) is 8.66. The average molecular weight is 524 g/mol. The van der Waals surface area contributed by atoms with Crippen LogP contribution in [0.15, 0.2) is 24.3 Å². The molecule has 36 heavy (non-hydrogen) atoms. The van der Waals surface area contributed by atoms with E-state index in [2.05, 4.69) is 0 Å². The van der Waals surface area contributed by atoms with Gasteiger partial charge in [-0.2, -0.15) is 0 Å². The molecule has 2 aromatic carbocycles. The summed E-state index contributed by atoms with van der Waals surface area (Å²) in [4.78, 5) is 25.5. The second kappa shape index (κ2) is 11.6. The Kier molecular flexibility index (Phi) is 9.28. The minimum atomic E-state index is -1.13. The number of fused-ring (bicyclic) bond motifs is 1. The van der Waals surface area contributed by atoms with Gasteiger partial charge in [0, 0.05) is 23.2 Å². The van der Waals surface area contributed by atoms with Gasteiger partial charge in [-0.15, -0.1) is 12.4 Å². The molecule has 4 N–H and O–H groups in total. The first-order valence-electron chi connectivity index (χ1n) is 11.2. The van der Waals surface area contributed by atoms with Gasteiger partial charge in [0.05, 0.1) is 25.3 Å². The summed E-state index contributed by atoms with van der Waals surface area (Å²) >= 11 is 0. The third-order valence-corrected chi connectivity index (χ3v) is 5.45. The lowest BCUT2D eigenvalue weighted by molar-refractivity contribution is -0.139. The summed E-state index contributed by atoms with van der Waals surface area (Å²) in [5, 5.41) is 17.4. The van der Waals surface area contributed by atoms with E-state index in [1.165, 1.54) is 17.0 Å². The zero-order chi connectivity index (χ0) is 25.9. The molecule has 9 nitrogen and oxygen atoms in total. The molecular weight excluding hydrogens is 493 g/mol. The van der Waals surface area contributed by atoms with Gasteiger partial charge < -0.3 is 30.0 Å². The number of carboxylic acid groups (broad SMARTS) is 1. The molecule has 0 spiro atoms. The van der Waals surface area contributed by atoms with E-state index < -0.39 is 23.9 Å². The lowest BCUT2D eigenvalue weighted by Gasteiger charge is -2.24. The van der Waals surface area contributed by atoms with Gasteiger partial charge in [-0.25, -0.2) is 9.18 Å². The average Bonchev–Trinajstić information content (AvgIpc) is 3.09. The molecular formula is C25H31ClFN3O6.